The Labute approximate surface area is 168 Å². The van der Waals surface area contributed by atoms with Gasteiger partial charge in [0.05, 0.1) is 22.4 Å². The highest BCUT2D eigenvalue weighted by Crippen LogP contribution is 2.24. The molecule has 1 N–H and O–H groups in total. The normalized spacial score (nSPS) is 12.7. The van der Waals surface area contributed by atoms with Crippen LogP contribution in [0.2, 0.25) is 0 Å². The van der Waals surface area contributed by atoms with Crippen LogP contribution in [0.25, 0.3) is 5.65 Å². The summed E-state index contributed by atoms with van der Waals surface area (Å²) < 4.78 is 32.9. The summed E-state index contributed by atoms with van der Waals surface area (Å²) in [5.74, 6) is 0.441. The van der Waals surface area contributed by atoms with Crippen LogP contribution >= 0.6 is 0 Å². The Morgan fingerprint density at radius 1 is 0.931 bits per heavy atom. The summed E-state index contributed by atoms with van der Waals surface area (Å²) in [6.07, 6.45) is 1.54. The zero-order valence-electron chi connectivity index (χ0n) is 15.8. The fourth-order valence-corrected chi connectivity index (χ4v) is 4.37. The number of hydrogen-bond acceptors (Lipinski definition) is 6. The minimum absolute atomic E-state index is 0.164. The van der Waals surface area contributed by atoms with E-state index >= 15 is 0 Å². The smallest absolute Gasteiger partial charge is 0.229 e. The van der Waals surface area contributed by atoms with Crippen molar-refractivity contribution in [2.24, 2.45) is 0 Å². The standard InChI is InChI=1S/C21H20N4O3S/c1-28-15-19(16-8-4-2-5-9-16)22-21-24-23-20-13-12-18(14-25(20)21)29(26,27)17-10-6-3-7-11-17/h2-14,19H,15H2,1H3,(H,22,24)/t19-/m1/s1. The number of anilines is 1. The van der Waals surface area contributed by atoms with Crippen molar-refractivity contribution in [1.29, 1.82) is 0 Å². The molecule has 0 bridgehead atoms. The first kappa shape index (κ1) is 19.1. The molecular weight excluding hydrogens is 388 g/mol. The third kappa shape index (κ3) is 3.85. The number of rotatable bonds is 7. The second-order valence-corrected chi connectivity index (χ2v) is 8.45. The molecule has 4 rings (SSSR count). The van der Waals surface area contributed by atoms with Crippen LogP contribution in [-0.2, 0) is 14.6 Å². The molecule has 2 heterocycles. The maximum absolute atomic E-state index is 13.0. The molecule has 0 unspecified atom stereocenters. The van der Waals surface area contributed by atoms with Crippen LogP contribution in [0.4, 0.5) is 5.95 Å². The summed E-state index contributed by atoms with van der Waals surface area (Å²) in [5, 5.41) is 11.6. The SMILES string of the molecule is COC[C@@H](Nc1nnc2ccc(S(=O)(=O)c3ccccc3)cn12)c1ccccc1. The molecule has 2 aromatic carbocycles. The Morgan fingerprint density at radius 2 is 1.62 bits per heavy atom. The van der Waals surface area contributed by atoms with Gasteiger partial charge in [-0.05, 0) is 29.8 Å². The summed E-state index contributed by atoms with van der Waals surface area (Å²) in [5.41, 5.74) is 1.57. The van der Waals surface area contributed by atoms with Crippen LogP contribution in [0.15, 0.2) is 88.8 Å². The first-order valence-electron chi connectivity index (χ1n) is 9.05. The van der Waals surface area contributed by atoms with Crippen LogP contribution < -0.4 is 5.32 Å². The number of ether oxygens (including phenoxy) is 1. The number of benzene rings is 2. The number of sulfone groups is 1. The topological polar surface area (TPSA) is 85.6 Å². The highest BCUT2D eigenvalue weighted by atomic mass is 32.2. The van der Waals surface area contributed by atoms with Gasteiger partial charge in [-0.1, -0.05) is 48.5 Å². The number of nitrogens with one attached hydrogen (secondary N) is 1. The van der Waals surface area contributed by atoms with Crippen molar-refractivity contribution in [3.8, 4) is 0 Å². The summed E-state index contributed by atoms with van der Waals surface area (Å²) >= 11 is 0. The van der Waals surface area contributed by atoms with E-state index in [1.807, 2.05) is 30.3 Å². The van der Waals surface area contributed by atoms with Gasteiger partial charge in [0.15, 0.2) is 5.65 Å². The molecule has 0 spiro atoms. The van der Waals surface area contributed by atoms with E-state index in [0.717, 1.165) is 5.56 Å². The van der Waals surface area contributed by atoms with Crippen molar-refractivity contribution in [3.63, 3.8) is 0 Å². The van der Waals surface area contributed by atoms with E-state index in [2.05, 4.69) is 15.5 Å². The fourth-order valence-electron chi connectivity index (χ4n) is 3.09. The quantitative estimate of drug-likeness (QED) is 0.505. The first-order valence-corrected chi connectivity index (χ1v) is 10.5. The Kier molecular flexibility index (Phi) is 5.28. The van der Waals surface area contributed by atoms with Crippen LogP contribution in [-0.4, -0.2) is 36.7 Å². The number of aromatic nitrogens is 3. The lowest BCUT2D eigenvalue weighted by atomic mass is 10.1. The van der Waals surface area contributed by atoms with E-state index in [1.165, 1.54) is 6.20 Å². The Morgan fingerprint density at radius 3 is 2.31 bits per heavy atom. The van der Waals surface area contributed by atoms with Crippen molar-refractivity contribution >= 4 is 21.4 Å². The first-order chi connectivity index (χ1) is 14.1. The molecule has 0 amide bonds. The number of pyridine rings is 1. The van der Waals surface area contributed by atoms with Gasteiger partial charge in [-0.2, -0.15) is 0 Å². The second-order valence-electron chi connectivity index (χ2n) is 6.50. The third-order valence-electron chi connectivity index (χ3n) is 4.58. The molecule has 0 radical (unpaired) electrons. The van der Waals surface area contributed by atoms with E-state index < -0.39 is 9.84 Å². The van der Waals surface area contributed by atoms with Gasteiger partial charge in [0, 0.05) is 13.3 Å². The van der Waals surface area contributed by atoms with Gasteiger partial charge in [0.25, 0.3) is 0 Å². The summed E-state index contributed by atoms with van der Waals surface area (Å²) in [7, 11) is -2.02. The highest BCUT2D eigenvalue weighted by molar-refractivity contribution is 7.91. The minimum atomic E-state index is -3.64. The molecule has 0 fully saturated rings. The molecule has 7 nitrogen and oxygen atoms in total. The molecule has 8 heteroatoms. The maximum atomic E-state index is 13.0. The van der Waals surface area contributed by atoms with Gasteiger partial charge >= 0.3 is 0 Å². The average molecular weight is 408 g/mol. The third-order valence-corrected chi connectivity index (χ3v) is 6.33. The summed E-state index contributed by atoms with van der Waals surface area (Å²) in [6, 6.07) is 21.2. The predicted molar refractivity (Wildman–Crippen MR) is 110 cm³/mol. The van der Waals surface area contributed by atoms with Gasteiger partial charge in [0.2, 0.25) is 15.8 Å². The van der Waals surface area contributed by atoms with Crippen molar-refractivity contribution in [2.75, 3.05) is 19.0 Å². The van der Waals surface area contributed by atoms with E-state index in [4.69, 9.17) is 4.74 Å². The lowest BCUT2D eigenvalue weighted by molar-refractivity contribution is 0.186. The minimum Gasteiger partial charge on any atom is -0.382 e. The second kappa shape index (κ2) is 8.02. The van der Waals surface area contributed by atoms with Crippen molar-refractivity contribution in [1.82, 2.24) is 14.6 Å². The number of methoxy groups -OCH3 is 1. The van der Waals surface area contributed by atoms with Crippen molar-refractivity contribution in [3.05, 3.63) is 84.6 Å². The van der Waals surface area contributed by atoms with E-state index in [-0.39, 0.29) is 15.8 Å². The molecule has 29 heavy (non-hydrogen) atoms. The van der Waals surface area contributed by atoms with Gasteiger partial charge in [-0.3, -0.25) is 4.40 Å². The van der Waals surface area contributed by atoms with Gasteiger partial charge < -0.3 is 10.1 Å². The Bertz CT molecular complexity index is 1210. The lowest BCUT2D eigenvalue weighted by Crippen LogP contribution is -2.18. The van der Waals surface area contributed by atoms with Crippen molar-refractivity contribution in [2.45, 2.75) is 15.8 Å². The molecule has 0 aliphatic carbocycles. The van der Waals surface area contributed by atoms with Gasteiger partial charge in [0.1, 0.15) is 0 Å². The van der Waals surface area contributed by atoms with Gasteiger partial charge in [-0.25, -0.2) is 8.42 Å². The van der Waals surface area contributed by atoms with Gasteiger partial charge in [-0.15, -0.1) is 10.2 Å². The average Bonchev–Trinajstić information content (AvgIpc) is 3.17. The molecular formula is C21H20N4O3S. The summed E-state index contributed by atoms with van der Waals surface area (Å²) in [6.45, 7) is 0.418. The molecule has 0 aliphatic rings. The Balaban J connectivity index is 1.72. The highest BCUT2D eigenvalue weighted by Gasteiger charge is 2.20. The lowest BCUT2D eigenvalue weighted by Gasteiger charge is -2.18. The summed E-state index contributed by atoms with van der Waals surface area (Å²) in [4.78, 5) is 0.408. The number of nitrogens with zero attached hydrogens (tertiary/aromatic N) is 3. The molecule has 0 saturated heterocycles. The van der Waals surface area contributed by atoms with E-state index in [9.17, 15) is 8.42 Å². The largest absolute Gasteiger partial charge is 0.382 e. The van der Waals surface area contributed by atoms with Crippen LogP contribution in [0, 0.1) is 0 Å². The van der Waals surface area contributed by atoms with Crippen LogP contribution in [0.1, 0.15) is 11.6 Å². The van der Waals surface area contributed by atoms with E-state index in [1.54, 1.807) is 54.0 Å². The molecule has 2 aromatic heterocycles. The predicted octanol–water partition coefficient (Wildman–Crippen LogP) is 3.36. The molecule has 1 atom stereocenters. The zero-order chi connectivity index (χ0) is 20.3. The molecule has 148 valence electrons. The number of fused-ring (bicyclic) bond motifs is 1. The number of hydrogen-bond donors (Lipinski definition) is 1. The Hall–Kier alpha value is -3.23. The van der Waals surface area contributed by atoms with Crippen molar-refractivity contribution < 1.29 is 13.2 Å². The monoisotopic (exact) mass is 408 g/mol. The maximum Gasteiger partial charge on any atom is 0.229 e. The fraction of sp³-hybridized carbons (Fsp3) is 0.143. The molecule has 0 saturated carbocycles. The molecule has 0 aliphatic heterocycles. The molecule has 4 aromatic rings. The zero-order valence-corrected chi connectivity index (χ0v) is 16.6. The van der Waals surface area contributed by atoms with E-state index in [0.29, 0.717) is 18.2 Å². The van der Waals surface area contributed by atoms with Crippen LogP contribution in [0.3, 0.4) is 0 Å². The van der Waals surface area contributed by atoms with Crippen LogP contribution in [0.5, 0.6) is 0 Å².